The molecule has 0 fully saturated rings. The summed E-state index contributed by atoms with van der Waals surface area (Å²) in [4.78, 5) is 40.0. The van der Waals surface area contributed by atoms with Gasteiger partial charge in [0.1, 0.15) is 0 Å². The summed E-state index contributed by atoms with van der Waals surface area (Å²) >= 11 is 0. The zero-order valence-electron chi connectivity index (χ0n) is 12.1. The van der Waals surface area contributed by atoms with Crippen molar-refractivity contribution in [1.82, 2.24) is 14.5 Å². The summed E-state index contributed by atoms with van der Waals surface area (Å²) in [6.45, 7) is 5.76. The van der Waals surface area contributed by atoms with Crippen molar-refractivity contribution in [3.05, 3.63) is 32.6 Å². The smallest absolute Gasteiger partial charge is 0.313 e. The number of likely N-dealkylation sites (N-methyl/N-ethyl adjacent to an activating group) is 1. The van der Waals surface area contributed by atoms with Gasteiger partial charge in [-0.25, -0.2) is 4.79 Å². The van der Waals surface area contributed by atoms with E-state index in [1.54, 1.807) is 0 Å². The number of nitrogens with one attached hydrogen (secondary N) is 1. The Labute approximate surface area is 112 Å². The summed E-state index contributed by atoms with van der Waals surface area (Å²) in [6, 6.07) is -0.273. The number of H-pyrrole nitrogens is 1. The molecule has 0 amide bonds. The van der Waals surface area contributed by atoms with Gasteiger partial charge in [0.25, 0.3) is 5.56 Å². The molecule has 106 valence electrons. The van der Waals surface area contributed by atoms with Gasteiger partial charge < -0.3 is 9.88 Å². The molecule has 19 heavy (non-hydrogen) atoms. The second-order valence-corrected chi connectivity index (χ2v) is 5.31. The van der Waals surface area contributed by atoms with Gasteiger partial charge in [-0.2, -0.15) is 0 Å². The molecule has 1 unspecified atom stereocenters. The van der Waals surface area contributed by atoms with Crippen molar-refractivity contribution in [3.63, 3.8) is 0 Å². The molecule has 0 aliphatic heterocycles. The van der Waals surface area contributed by atoms with Crippen molar-refractivity contribution in [3.8, 4) is 0 Å². The maximum atomic E-state index is 12.3. The number of hydrogen-bond acceptors (Lipinski definition) is 4. The van der Waals surface area contributed by atoms with E-state index in [4.69, 9.17) is 0 Å². The SMILES string of the molecule is CC(=O)c1c[nH]c(=O)n(C(CN(C)C)C(C)C)c1=O. The second-order valence-electron chi connectivity index (χ2n) is 5.31. The number of hydrogen-bond donors (Lipinski definition) is 1. The summed E-state index contributed by atoms with van der Waals surface area (Å²) in [6.07, 6.45) is 1.19. The molecule has 0 aromatic carbocycles. The summed E-state index contributed by atoms with van der Waals surface area (Å²) in [5.74, 6) is -0.245. The van der Waals surface area contributed by atoms with E-state index in [0.29, 0.717) is 6.54 Å². The maximum Gasteiger partial charge on any atom is 0.328 e. The highest BCUT2D eigenvalue weighted by Gasteiger charge is 2.22. The van der Waals surface area contributed by atoms with Crippen LogP contribution < -0.4 is 11.2 Å². The van der Waals surface area contributed by atoms with Crippen LogP contribution in [0.4, 0.5) is 0 Å². The van der Waals surface area contributed by atoms with E-state index in [9.17, 15) is 14.4 Å². The lowest BCUT2D eigenvalue weighted by molar-refractivity contribution is 0.101. The number of carbonyl (C=O) groups is 1. The molecule has 0 saturated heterocycles. The molecule has 0 bridgehead atoms. The highest BCUT2D eigenvalue weighted by atomic mass is 16.2. The van der Waals surface area contributed by atoms with Crippen LogP contribution in [0.1, 0.15) is 37.2 Å². The van der Waals surface area contributed by atoms with Crippen molar-refractivity contribution in [1.29, 1.82) is 0 Å². The molecule has 0 spiro atoms. The highest BCUT2D eigenvalue weighted by molar-refractivity contribution is 5.93. The van der Waals surface area contributed by atoms with E-state index in [1.165, 1.54) is 13.1 Å². The number of rotatable bonds is 5. The van der Waals surface area contributed by atoms with Gasteiger partial charge in [0.05, 0.1) is 11.6 Å². The highest BCUT2D eigenvalue weighted by Crippen LogP contribution is 2.14. The first kappa shape index (κ1) is 15.4. The number of aromatic amines is 1. The minimum absolute atomic E-state index is 0.0176. The molecule has 1 aromatic heterocycles. The first-order valence-corrected chi connectivity index (χ1v) is 6.25. The monoisotopic (exact) mass is 267 g/mol. The molecule has 0 aliphatic rings. The molecule has 1 atom stereocenters. The Morgan fingerprint density at radius 2 is 1.95 bits per heavy atom. The fraction of sp³-hybridized carbons (Fsp3) is 0.615. The van der Waals surface area contributed by atoms with Crippen molar-refractivity contribution >= 4 is 5.78 Å². The van der Waals surface area contributed by atoms with E-state index in [2.05, 4.69) is 4.98 Å². The molecular weight excluding hydrogens is 246 g/mol. The average Bonchev–Trinajstić information content (AvgIpc) is 2.26. The van der Waals surface area contributed by atoms with Gasteiger partial charge in [0, 0.05) is 12.7 Å². The Morgan fingerprint density at radius 3 is 2.37 bits per heavy atom. The van der Waals surface area contributed by atoms with E-state index >= 15 is 0 Å². The molecule has 0 radical (unpaired) electrons. The van der Waals surface area contributed by atoms with Crippen molar-refractivity contribution < 1.29 is 4.79 Å². The lowest BCUT2D eigenvalue weighted by atomic mass is 10.0. The van der Waals surface area contributed by atoms with Gasteiger partial charge in [-0.3, -0.25) is 14.2 Å². The van der Waals surface area contributed by atoms with Crippen LogP contribution in [0.3, 0.4) is 0 Å². The molecule has 1 N–H and O–H groups in total. The van der Waals surface area contributed by atoms with Crippen molar-refractivity contribution in [2.45, 2.75) is 26.8 Å². The van der Waals surface area contributed by atoms with Gasteiger partial charge >= 0.3 is 5.69 Å². The molecule has 1 rings (SSSR count). The molecule has 1 heterocycles. The number of carbonyl (C=O) groups excluding carboxylic acids is 1. The van der Waals surface area contributed by atoms with E-state index < -0.39 is 11.2 Å². The molecule has 0 saturated carbocycles. The van der Waals surface area contributed by atoms with Crippen LogP contribution in [-0.4, -0.2) is 40.9 Å². The minimum atomic E-state index is -0.517. The number of Topliss-reactive ketones (excluding diaryl/α,β-unsaturated/α-hetero) is 1. The third-order valence-electron chi connectivity index (χ3n) is 3.04. The van der Waals surface area contributed by atoms with Crippen LogP contribution in [0.25, 0.3) is 0 Å². The Balaban J connectivity index is 3.46. The molecule has 6 nitrogen and oxygen atoms in total. The van der Waals surface area contributed by atoms with Crippen molar-refractivity contribution in [2.75, 3.05) is 20.6 Å². The second kappa shape index (κ2) is 5.97. The van der Waals surface area contributed by atoms with Gasteiger partial charge in [-0.05, 0) is 26.9 Å². The van der Waals surface area contributed by atoms with Gasteiger partial charge in [-0.15, -0.1) is 0 Å². The van der Waals surface area contributed by atoms with Crippen LogP contribution in [-0.2, 0) is 0 Å². The Hall–Kier alpha value is -1.69. The third kappa shape index (κ3) is 3.41. The van der Waals surface area contributed by atoms with Gasteiger partial charge in [-0.1, -0.05) is 13.8 Å². The standard InChI is InChI=1S/C13H21N3O3/c1-8(2)11(7-15(4)5)16-12(18)10(9(3)17)6-14-13(16)19/h6,8,11H,7H2,1-5H3,(H,14,19). The number of ketones is 1. The topological polar surface area (TPSA) is 75.2 Å². The van der Waals surface area contributed by atoms with Crippen LogP contribution in [0.15, 0.2) is 15.8 Å². The maximum absolute atomic E-state index is 12.3. The average molecular weight is 267 g/mol. The van der Waals surface area contributed by atoms with E-state index in [-0.39, 0.29) is 23.3 Å². The van der Waals surface area contributed by atoms with Crippen LogP contribution >= 0.6 is 0 Å². The zero-order valence-corrected chi connectivity index (χ0v) is 12.1. The third-order valence-corrected chi connectivity index (χ3v) is 3.04. The van der Waals surface area contributed by atoms with Gasteiger partial charge in [0.15, 0.2) is 5.78 Å². The summed E-state index contributed by atoms with van der Waals surface area (Å²) in [5.41, 5.74) is -0.976. The predicted molar refractivity (Wildman–Crippen MR) is 73.8 cm³/mol. The number of aromatic nitrogens is 2. The summed E-state index contributed by atoms with van der Waals surface area (Å²) in [5, 5.41) is 0. The normalized spacial score (nSPS) is 13.0. The van der Waals surface area contributed by atoms with Crippen LogP contribution in [0.2, 0.25) is 0 Å². The predicted octanol–water partition coefficient (Wildman–Crippen LogP) is 0.498. The van der Waals surface area contributed by atoms with Gasteiger partial charge in [0.2, 0.25) is 0 Å². The van der Waals surface area contributed by atoms with Crippen molar-refractivity contribution in [2.24, 2.45) is 5.92 Å². The minimum Gasteiger partial charge on any atom is -0.313 e. The molecule has 6 heteroatoms. The molecular formula is C13H21N3O3. The lowest BCUT2D eigenvalue weighted by Crippen LogP contribution is -2.44. The van der Waals surface area contributed by atoms with Crippen LogP contribution in [0.5, 0.6) is 0 Å². The molecule has 1 aromatic rings. The van der Waals surface area contributed by atoms with Crippen LogP contribution in [0, 0.1) is 5.92 Å². The Kier molecular flexibility index (Phi) is 4.83. The number of nitrogens with zero attached hydrogens (tertiary/aromatic N) is 2. The zero-order chi connectivity index (χ0) is 14.7. The Bertz CT molecular complexity index is 569. The summed E-state index contributed by atoms with van der Waals surface area (Å²) in [7, 11) is 3.76. The largest absolute Gasteiger partial charge is 0.328 e. The Morgan fingerprint density at radius 1 is 1.37 bits per heavy atom. The first-order chi connectivity index (χ1) is 8.75. The molecule has 0 aliphatic carbocycles. The van der Waals surface area contributed by atoms with E-state index in [1.807, 2.05) is 32.8 Å². The fourth-order valence-corrected chi connectivity index (χ4v) is 2.01. The quantitative estimate of drug-likeness (QED) is 0.788. The summed E-state index contributed by atoms with van der Waals surface area (Å²) < 4.78 is 1.15. The first-order valence-electron chi connectivity index (χ1n) is 6.25. The fourth-order valence-electron chi connectivity index (χ4n) is 2.01. The van der Waals surface area contributed by atoms with E-state index in [0.717, 1.165) is 4.57 Å². The lowest BCUT2D eigenvalue weighted by Gasteiger charge is -2.25.